The van der Waals surface area contributed by atoms with Crippen molar-refractivity contribution in [1.82, 2.24) is 9.47 Å². The number of nitrogens with one attached hydrogen (secondary N) is 1. The van der Waals surface area contributed by atoms with E-state index in [-0.39, 0.29) is 0 Å². The van der Waals surface area contributed by atoms with E-state index in [9.17, 15) is 9.59 Å². The lowest BCUT2D eigenvalue weighted by Gasteiger charge is -2.38. The molecule has 2 aliphatic rings. The minimum atomic E-state index is -0.591. The van der Waals surface area contributed by atoms with Crippen LogP contribution in [0.2, 0.25) is 0 Å². The Morgan fingerprint density at radius 3 is 2.24 bits per heavy atom. The van der Waals surface area contributed by atoms with E-state index >= 15 is 0 Å². The fourth-order valence-electron chi connectivity index (χ4n) is 5.61. The first-order chi connectivity index (χ1) is 17.8. The van der Waals surface area contributed by atoms with Crippen LogP contribution in [0.4, 0.5) is 11.4 Å². The second kappa shape index (κ2) is 10.5. The number of aromatic nitrogens is 1. The predicted molar refractivity (Wildman–Crippen MR) is 150 cm³/mol. The number of benzene rings is 2. The van der Waals surface area contributed by atoms with Crippen LogP contribution in [0.25, 0.3) is 11.1 Å². The van der Waals surface area contributed by atoms with Crippen LogP contribution in [0, 0.1) is 5.41 Å². The molecule has 6 heteroatoms. The number of carbonyl (C=O) groups excluding carboxylic acids is 2. The van der Waals surface area contributed by atoms with Crippen LogP contribution in [-0.4, -0.2) is 53.9 Å². The van der Waals surface area contributed by atoms with Gasteiger partial charge in [-0.05, 0) is 60.6 Å². The van der Waals surface area contributed by atoms with Gasteiger partial charge in [-0.15, -0.1) is 0 Å². The lowest BCUT2D eigenvalue weighted by Crippen LogP contribution is -2.48. The number of nitrogens with zero attached hydrogens (tertiary/aromatic N) is 3. The Bertz CT molecular complexity index is 1250. The van der Waals surface area contributed by atoms with E-state index in [2.05, 4.69) is 46.5 Å². The van der Waals surface area contributed by atoms with Crippen LogP contribution in [0.5, 0.6) is 0 Å². The Morgan fingerprint density at radius 2 is 1.57 bits per heavy atom. The van der Waals surface area contributed by atoms with E-state index in [1.807, 2.05) is 54.6 Å². The minimum absolute atomic E-state index is 0.307. The van der Waals surface area contributed by atoms with Crippen LogP contribution in [0.3, 0.4) is 0 Å². The molecule has 0 unspecified atom stereocenters. The molecule has 1 saturated heterocycles. The number of fused-ring (bicyclic) bond motifs is 1. The largest absolute Gasteiger partial charge is 0.369 e. The van der Waals surface area contributed by atoms with E-state index in [4.69, 9.17) is 0 Å². The van der Waals surface area contributed by atoms with Crippen molar-refractivity contribution in [2.45, 2.75) is 46.6 Å². The molecule has 0 saturated carbocycles. The average molecular weight is 499 g/mol. The number of amides is 1. The molecule has 6 nitrogen and oxygen atoms in total. The number of rotatable bonds is 6. The smallest absolute Gasteiger partial charge is 0.298 e. The molecule has 1 N–H and O–H groups in total. The van der Waals surface area contributed by atoms with E-state index in [0.29, 0.717) is 16.8 Å². The van der Waals surface area contributed by atoms with Gasteiger partial charge < -0.3 is 14.8 Å². The number of anilines is 2. The van der Waals surface area contributed by atoms with Crippen molar-refractivity contribution in [3.8, 4) is 11.1 Å². The second-order valence-corrected chi connectivity index (χ2v) is 11.5. The number of hydrogen-bond acceptors (Lipinski definition) is 4. The van der Waals surface area contributed by atoms with Gasteiger partial charge in [0.2, 0.25) is 0 Å². The van der Waals surface area contributed by atoms with Gasteiger partial charge in [-0.1, -0.05) is 51.1 Å². The first-order valence-electron chi connectivity index (χ1n) is 13.5. The van der Waals surface area contributed by atoms with Gasteiger partial charge in [-0.2, -0.15) is 0 Å². The van der Waals surface area contributed by atoms with Crippen molar-refractivity contribution in [2.24, 2.45) is 5.41 Å². The summed E-state index contributed by atoms with van der Waals surface area (Å²) in [6.07, 6.45) is 3.06. The minimum Gasteiger partial charge on any atom is -0.369 e. The van der Waals surface area contributed by atoms with Crippen molar-refractivity contribution in [2.75, 3.05) is 42.9 Å². The molecular formula is C31H38N4O2. The van der Waals surface area contributed by atoms with Crippen LogP contribution in [0.15, 0.2) is 60.7 Å². The quantitative estimate of drug-likeness (QED) is 0.361. The molecule has 37 heavy (non-hydrogen) atoms. The summed E-state index contributed by atoms with van der Waals surface area (Å²) in [4.78, 5) is 31.5. The molecule has 0 atom stereocenters. The highest BCUT2D eigenvalue weighted by molar-refractivity contribution is 6.47. The first-order valence-corrected chi connectivity index (χ1v) is 13.5. The molecule has 0 spiro atoms. The van der Waals surface area contributed by atoms with Crippen molar-refractivity contribution in [1.29, 1.82) is 0 Å². The molecular weight excluding hydrogens is 460 g/mol. The Labute approximate surface area is 220 Å². The third-order valence-electron chi connectivity index (χ3n) is 7.31. The van der Waals surface area contributed by atoms with Crippen molar-refractivity contribution >= 4 is 23.1 Å². The maximum Gasteiger partial charge on any atom is 0.298 e. The molecule has 5 rings (SSSR count). The molecule has 194 valence electrons. The Morgan fingerprint density at radius 1 is 0.865 bits per heavy atom. The Hall–Kier alpha value is -3.38. The third-order valence-corrected chi connectivity index (χ3v) is 7.31. The molecule has 0 aliphatic carbocycles. The second-order valence-electron chi connectivity index (χ2n) is 11.5. The number of Topliss-reactive ketones (excluding diaryl/α,β-unsaturated/α-hetero) is 1. The summed E-state index contributed by atoms with van der Waals surface area (Å²) in [5, 5.41) is 2.85. The number of piperazine rings is 1. The normalized spacial score (nSPS) is 16.4. The zero-order valence-electron chi connectivity index (χ0n) is 22.3. The number of aryl methyl sites for hydroxylation is 1. The molecule has 1 aromatic heterocycles. The molecule has 0 bridgehead atoms. The molecule has 1 amide bonds. The zero-order chi connectivity index (χ0) is 26.0. The highest BCUT2D eigenvalue weighted by Gasteiger charge is 2.28. The van der Waals surface area contributed by atoms with E-state index < -0.39 is 11.7 Å². The summed E-state index contributed by atoms with van der Waals surface area (Å²) in [5.74, 6) is -1.07. The maximum atomic E-state index is 13.5. The van der Waals surface area contributed by atoms with Crippen LogP contribution >= 0.6 is 0 Å². The summed E-state index contributed by atoms with van der Waals surface area (Å²) in [6.45, 7) is 12.8. The standard InChI is InChI=1S/C31H38N4O2/c1-31(2,3)22-33-17-19-34(20-18-33)25-14-12-24(13-15-25)32-30(37)29(36)28-27(23-9-5-4-6-10-23)21-26-11-7-8-16-35(26)28/h4-6,9-10,12-15,21H,7-8,11,16-20,22H2,1-3H3,(H,32,37). The topological polar surface area (TPSA) is 57.6 Å². The van der Waals surface area contributed by atoms with Gasteiger partial charge in [0.05, 0.1) is 0 Å². The molecule has 0 radical (unpaired) electrons. The van der Waals surface area contributed by atoms with E-state index in [1.165, 1.54) is 0 Å². The number of carbonyl (C=O) groups is 2. The Kier molecular flexibility index (Phi) is 7.20. The predicted octanol–water partition coefficient (Wildman–Crippen LogP) is 5.48. The van der Waals surface area contributed by atoms with Gasteiger partial charge in [0.1, 0.15) is 5.69 Å². The number of hydrogen-bond donors (Lipinski definition) is 1. The molecule has 2 aromatic carbocycles. The molecule has 2 aliphatic heterocycles. The Balaban J connectivity index is 1.27. The van der Waals surface area contributed by atoms with Crippen LogP contribution < -0.4 is 10.2 Å². The summed E-state index contributed by atoms with van der Waals surface area (Å²) in [5.41, 5.74) is 5.54. The fourth-order valence-corrected chi connectivity index (χ4v) is 5.61. The first kappa shape index (κ1) is 25.3. The van der Waals surface area contributed by atoms with Gasteiger partial charge in [0.15, 0.2) is 0 Å². The third kappa shape index (κ3) is 5.80. The highest BCUT2D eigenvalue weighted by atomic mass is 16.2. The van der Waals surface area contributed by atoms with Gasteiger partial charge in [0, 0.05) is 61.9 Å². The monoisotopic (exact) mass is 498 g/mol. The van der Waals surface area contributed by atoms with Gasteiger partial charge in [0.25, 0.3) is 11.7 Å². The number of ketones is 1. The maximum absolute atomic E-state index is 13.5. The van der Waals surface area contributed by atoms with E-state index in [0.717, 1.165) is 81.0 Å². The van der Waals surface area contributed by atoms with Gasteiger partial charge in [-0.3, -0.25) is 14.5 Å². The van der Waals surface area contributed by atoms with Crippen LogP contribution in [-0.2, 0) is 17.8 Å². The van der Waals surface area contributed by atoms with Crippen LogP contribution in [0.1, 0.15) is 49.8 Å². The average Bonchev–Trinajstić information content (AvgIpc) is 3.28. The molecule has 3 aromatic rings. The lowest BCUT2D eigenvalue weighted by molar-refractivity contribution is -0.112. The van der Waals surface area contributed by atoms with Gasteiger partial charge >= 0.3 is 0 Å². The van der Waals surface area contributed by atoms with Gasteiger partial charge in [-0.25, -0.2) is 0 Å². The fraction of sp³-hybridized carbons (Fsp3) is 0.419. The van der Waals surface area contributed by atoms with Crippen molar-refractivity contribution < 1.29 is 9.59 Å². The molecule has 3 heterocycles. The summed E-state index contributed by atoms with van der Waals surface area (Å²) < 4.78 is 2.05. The van der Waals surface area contributed by atoms with Crippen molar-refractivity contribution in [3.05, 3.63) is 72.1 Å². The highest BCUT2D eigenvalue weighted by Crippen LogP contribution is 2.31. The van der Waals surface area contributed by atoms with E-state index in [1.54, 1.807) is 0 Å². The SMILES string of the molecule is CC(C)(C)CN1CCN(c2ccc(NC(=O)C(=O)c3c(-c4ccccc4)cc4n3CCCC4)cc2)CC1. The summed E-state index contributed by atoms with van der Waals surface area (Å²) >= 11 is 0. The summed E-state index contributed by atoms with van der Waals surface area (Å²) in [6, 6.07) is 19.8. The van der Waals surface area contributed by atoms with Crippen molar-refractivity contribution in [3.63, 3.8) is 0 Å². The zero-order valence-corrected chi connectivity index (χ0v) is 22.3. The summed E-state index contributed by atoms with van der Waals surface area (Å²) in [7, 11) is 0. The molecule has 1 fully saturated rings. The lowest BCUT2D eigenvalue weighted by atomic mass is 9.96.